The van der Waals surface area contributed by atoms with E-state index in [9.17, 15) is 9.90 Å². The van der Waals surface area contributed by atoms with Crippen molar-refractivity contribution >= 4 is 23.3 Å². The number of pyridine rings is 1. The van der Waals surface area contributed by atoms with Crippen molar-refractivity contribution in [2.75, 3.05) is 19.0 Å². The molecule has 0 spiro atoms. The molecule has 0 saturated carbocycles. The number of benzene rings is 1. The Bertz CT molecular complexity index is 659. The van der Waals surface area contributed by atoms with E-state index in [2.05, 4.69) is 10.3 Å². The van der Waals surface area contributed by atoms with Crippen LogP contribution >= 0.6 is 11.6 Å². The minimum atomic E-state index is -0.853. The van der Waals surface area contributed by atoms with Crippen LogP contribution < -0.4 is 10.2 Å². The lowest BCUT2D eigenvalue weighted by Crippen LogP contribution is -2.25. The maximum atomic E-state index is 12.0. The number of anilines is 1. The Morgan fingerprint density at radius 1 is 1.26 bits per heavy atom. The number of amides is 1. The quantitative estimate of drug-likeness (QED) is 0.852. The van der Waals surface area contributed by atoms with Crippen LogP contribution in [0.3, 0.4) is 0 Å². The number of rotatable bonds is 6. The second-order valence-electron chi connectivity index (χ2n) is 5.43. The number of aliphatic hydroxyl groups excluding tert-OH is 1. The standard InChI is InChI=1S/C17H20ClN3O2/c1-21(2)16-5-3-4-14(20-16)11-19-17(23)10-15(22)12-6-8-13(18)9-7-12/h3-9,15,22H,10-11H2,1-2H3,(H,19,23). The van der Waals surface area contributed by atoms with E-state index >= 15 is 0 Å². The van der Waals surface area contributed by atoms with Gasteiger partial charge < -0.3 is 15.3 Å². The van der Waals surface area contributed by atoms with E-state index < -0.39 is 6.10 Å². The summed E-state index contributed by atoms with van der Waals surface area (Å²) in [5.41, 5.74) is 1.43. The second-order valence-corrected chi connectivity index (χ2v) is 5.87. The number of halogens is 1. The van der Waals surface area contributed by atoms with Gasteiger partial charge in [-0.25, -0.2) is 4.98 Å². The highest BCUT2D eigenvalue weighted by atomic mass is 35.5. The third-order valence-corrected chi connectivity index (χ3v) is 3.60. The Hall–Kier alpha value is -2.11. The lowest BCUT2D eigenvalue weighted by molar-refractivity contribution is -0.123. The summed E-state index contributed by atoms with van der Waals surface area (Å²) >= 11 is 5.80. The van der Waals surface area contributed by atoms with E-state index in [-0.39, 0.29) is 12.3 Å². The van der Waals surface area contributed by atoms with Gasteiger partial charge in [0.1, 0.15) is 5.82 Å². The third-order valence-electron chi connectivity index (χ3n) is 3.35. The van der Waals surface area contributed by atoms with Crippen molar-refractivity contribution in [3.05, 3.63) is 58.7 Å². The Kier molecular flexibility index (Phi) is 5.96. The fourth-order valence-corrected chi connectivity index (χ4v) is 2.18. The number of hydrogen-bond acceptors (Lipinski definition) is 4. The van der Waals surface area contributed by atoms with Crippen LogP contribution in [0, 0.1) is 0 Å². The molecule has 2 aromatic rings. The topological polar surface area (TPSA) is 65.5 Å². The highest BCUT2D eigenvalue weighted by Gasteiger charge is 2.13. The Labute approximate surface area is 140 Å². The van der Waals surface area contributed by atoms with Crippen LogP contribution in [0.5, 0.6) is 0 Å². The molecule has 0 fully saturated rings. The largest absolute Gasteiger partial charge is 0.388 e. The zero-order valence-corrected chi connectivity index (χ0v) is 13.9. The maximum Gasteiger partial charge on any atom is 0.223 e. The van der Waals surface area contributed by atoms with Gasteiger partial charge in [0.15, 0.2) is 0 Å². The highest BCUT2D eigenvalue weighted by Crippen LogP contribution is 2.19. The van der Waals surface area contributed by atoms with Crippen LogP contribution in [-0.4, -0.2) is 30.1 Å². The first kappa shape index (κ1) is 17.2. The summed E-state index contributed by atoms with van der Waals surface area (Å²) in [5, 5.41) is 13.4. The zero-order valence-electron chi connectivity index (χ0n) is 13.2. The Morgan fingerprint density at radius 3 is 2.61 bits per heavy atom. The van der Waals surface area contributed by atoms with Crippen molar-refractivity contribution in [3.63, 3.8) is 0 Å². The van der Waals surface area contributed by atoms with Crippen molar-refractivity contribution in [1.82, 2.24) is 10.3 Å². The molecule has 2 N–H and O–H groups in total. The van der Waals surface area contributed by atoms with E-state index in [1.807, 2.05) is 37.2 Å². The fourth-order valence-electron chi connectivity index (χ4n) is 2.05. The number of hydrogen-bond donors (Lipinski definition) is 2. The zero-order chi connectivity index (χ0) is 16.8. The summed E-state index contributed by atoms with van der Waals surface area (Å²) in [5.74, 6) is 0.599. The van der Waals surface area contributed by atoms with Crippen LogP contribution in [0.2, 0.25) is 5.02 Å². The molecular formula is C17H20ClN3O2. The van der Waals surface area contributed by atoms with Gasteiger partial charge in [-0.05, 0) is 29.8 Å². The van der Waals surface area contributed by atoms with Crippen molar-refractivity contribution in [2.45, 2.75) is 19.1 Å². The summed E-state index contributed by atoms with van der Waals surface area (Å²) in [6.45, 7) is 0.327. The molecule has 0 aliphatic heterocycles. The molecule has 5 nitrogen and oxygen atoms in total. The predicted molar refractivity (Wildman–Crippen MR) is 91.4 cm³/mol. The van der Waals surface area contributed by atoms with Crippen LogP contribution in [-0.2, 0) is 11.3 Å². The van der Waals surface area contributed by atoms with Crippen molar-refractivity contribution in [3.8, 4) is 0 Å². The minimum absolute atomic E-state index is 0.00496. The number of aliphatic hydroxyl groups is 1. The van der Waals surface area contributed by atoms with Crippen molar-refractivity contribution < 1.29 is 9.90 Å². The van der Waals surface area contributed by atoms with Crippen LogP contribution in [0.1, 0.15) is 23.8 Å². The third kappa shape index (κ3) is 5.23. The molecule has 0 radical (unpaired) electrons. The first-order valence-corrected chi connectivity index (χ1v) is 7.67. The average Bonchev–Trinajstić information content (AvgIpc) is 2.53. The number of carbonyl (C=O) groups is 1. The number of aromatic nitrogens is 1. The molecule has 1 heterocycles. The molecule has 23 heavy (non-hydrogen) atoms. The molecule has 1 aromatic heterocycles. The van der Waals surface area contributed by atoms with E-state index in [0.717, 1.165) is 11.5 Å². The molecule has 0 aliphatic rings. The maximum absolute atomic E-state index is 12.0. The lowest BCUT2D eigenvalue weighted by atomic mass is 10.1. The number of nitrogens with zero attached hydrogens (tertiary/aromatic N) is 2. The van der Waals surface area contributed by atoms with E-state index in [0.29, 0.717) is 17.1 Å². The average molecular weight is 334 g/mol. The van der Waals surface area contributed by atoms with E-state index in [1.54, 1.807) is 24.3 Å². The van der Waals surface area contributed by atoms with Crippen LogP contribution in [0.25, 0.3) is 0 Å². The number of carbonyl (C=O) groups excluding carboxylic acids is 1. The van der Waals surface area contributed by atoms with Gasteiger partial charge in [0.2, 0.25) is 5.91 Å². The Morgan fingerprint density at radius 2 is 1.96 bits per heavy atom. The molecular weight excluding hydrogens is 314 g/mol. The molecule has 2 rings (SSSR count). The fraction of sp³-hybridized carbons (Fsp3) is 0.294. The predicted octanol–water partition coefficient (Wildman–Crippen LogP) is 2.54. The van der Waals surface area contributed by atoms with Gasteiger partial charge in [0.25, 0.3) is 0 Å². The second kappa shape index (κ2) is 7.94. The molecule has 122 valence electrons. The normalized spacial score (nSPS) is 11.8. The summed E-state index contributed by atoms with van der Waals surface area (Å²) in [7, 11) is 3.82. The van der Waals surface area contributed by atoms with Gasteiger partial charge in [-0.1, -0.05) is 29.8 Å². The van der Waals surface area contributed by atoms with Gasteiger partial charge in [-0.15, -0.1) is 0 Å². The monoisotopic (exact) mass is 333 g/mol. The first-order chi connectivity index (χ1) is 11.0. The smallest absolute Gasteiger partial charge is 0.223 e. The van der Waals surface area contributed by atoms with Crippen molar-refractivity contribution in [1.29, 1.82) is 0 Å². The highest BCUT2D eigenvalue weighted by molar-refractivity contribution is 6.30. The summed E-state index contributed by atoms with van der Waals surface area (Å²) in [6.07, 6.45) is -0.858. The molecule has 0 aliphatic carbocycles. The minimum Gasteiger partial charge on any atom is -0.388 e. The Balaban J connectivity index is 1.87. The molecule has 0 bridgehead atoms. The van der Waals surface area contributed by atoms with Gasteiger partial charge >= 0.3 is 0 Å². The molecule has 6 heteroatoms. The molecule has 1 atom stereocenters. The van der Waals surface area contributed by atoms with Crippen LogP contribution in [0.15, 0.2) is 42.5 Å². The van der Waals surface area contributed by atoms with E-state index in [1.165, 1.54) is 0 Å². The summed E-state index contributed by atoms with van der Waals surface area (Å²) < 4.78 is 0. The van der Waals surface area contributed by atoms with Crippen molar-refractivity contribution in [2.24, 2.45) is 0 Å². The van der Waals surface area contributed by atoms with Crippen LogP contribution in [0.4, 0.5) is 5.82 Å². The first-order valence-electron chi connectivity index (χ1n) is 7.29. The van der Waals surface area contributed by atoms with E-state index in [4.69, 9.17) is 11.6 Å². The molecule has 0 saturated heterocycles. The molecule has 1 unspecified atom stereocenters. The van der Waals surface area contributed by atoms with Gasteiger partial charge in [0, 0.05) is 19.1 Å². The molecule has 1 aromatic carbocycles. The van der Waals surface area contributed by atoms with Gasteiger partial charge in [-0.3, -0.25) is 4.79 Å². The summed E-state index contributed by atoms with van der Waals surface area (Å²) in [6, 6.07) is 12.4. The lowest BCUT2D eigenvalue weighted by Gasteiger charge is -2.13. The number of nitrogens with one attached hydrogen (secondary N) is 1. The summed E-state index contributed by atoms with van der Waals surface area (Å²) in [4.78, 5) is 18.3. The molecule has 1 amide bonds. The van der Waals surface area contributed by atoms with Gasteiger partial charge in [0.05, 0.1) is 24.8 Å². The van der Waals surface area contributed by atoms with Gasteiger partial charge in [-0.2, -0.15) is 0 Å². The SMILES string of the molecule is CN(C)c1cccc(CNC(=O)CC(O)c2ccc(Cl)cc2)n1.